The van der Waals surface area contributed by atoms with Gasteiger partial charge in [-0.1, -0.05) is 138 Å². The number of benzene rings is 8. The van der Waals surface area contributed by atoms with Crippen molar-refractivity contribution in [3.05, 3.63) is 95.1 Å². The van der Waals surface area contributed by atoms with E-state index < -0.39 is 73.5 Å². The van der Waals surface area contributed by atoms with Crippen LogP contribution in [0.2, 0.25) is 0 Å². The van der Waals surface area contributed by atoms with E-state index in [0.717, 1.165) is 22.3 Å². The number of hydrogen-bond acceptors (Lipinski definition) is 16. The highest BCUT2D eigenvalue weighted by molar-refractivity contribution is 6.53. The summed E-state index contributed by atoms with van der Waals surface area (Å²) in [6.07, 6.45) is 0. The van der Waals surface area contributed by atoms with Crippen molar-refractivity contribution in [3.63, 3.8) is 0 Å². The molecule has 0 aliphatic heterocycles. The molecule has 0 unspecified atom stereocenters. The van der Waals surface area contributed by atoms with Crippen molar-refractivity contribution in [2.45, 2.75) is 105 Å². The molecule has 16 nitrogen and oxygen atoms in total. The number of aromatic hydroxyl groups is 12. The first-order chi connectivity index (χ1) is 35.1. The average molecular weight is 1110 g/mol. The molecule has 0 aromatic heterocycles. The van der Waals surface area contributed by atoms with Gasteiger partial charge in [-0.25, -0.2) is 0 Å². The third-order valence-electron chi connectivity index (χ3n) is 13.4. The lowest BCUT2D eigenvalue weighted by Gasteiger charge is -2.20. The molecule has 16 N–H and O–H groups in total. The highest BCUT2D eigenvalue weighted by Crippen LogP contribution is 2.44. The fraction of sp³-hybridized carbons (Fsp3) is 0.286. The fourth-order valence-electron chi connectivity index (χ4n) is 8.49. The summed E-state index contributed by atoms with van der Waals surface area (Å²) in [7, 11) is -6.90. The van der Waals surface area contributed by atoms with Crippen LogP contribution in [-0.2, 0) is 21.7 Å². The molecule has 0 bridgehead atoms. The van der Waals surface area contributed by atoms with E-state index in [1.807, 2.05) is 92.6 Å². The largest absolute Gasteiger partial charge is 0.507 e. The van der Waals surface area contributed by atoms with Crippen molar-refractivity contribution in [2.75, 3.05) is 0 Å². The Kier molecular flexibility index (Phi) is 17.7. The van der Waals surface area contributed by atoms with Crippen LogP contribution < -0.4 is 20.7 Å². The standard InChI is InChI=1S/4C14H18O4Si/c1-14(2,3)7-4-5-8-9(6-7)10(15)11(16)12(17)13(8)19-18;1-14(2,3)7-4-5-8-9(6-7)10(15)12(17)13(19-18)11(8)16;1-14(2,3)7-4-5-8-9(6-7)13(19-18)12(17)11(16)10(8)15;1-14(2,3)7-4-5-8-9(6-7)11(16)13(19-18)12(17)10(8)15/h4*4-6,15-18H,19H2,1-3H3. The Hall–Kier alpha value is -6.89. The molecule has 8 rings (SSSR count). The lowest BCUT2D eigenvalue weighted by Crippen LogP contribution is -2.17. The van der Waals surface area contributed by atoms with Gasteiger partial charge in [0.25, 0.3) is 0 Å². The highest BCUT2D eigenvalue weighted by atomic mass is 28.2. The molecular formula is C56H72O16Si4. The van der Waals surface area contributed by atoms with Gasteiger partial charge in [0.2, 0.25) is 11.5 Å². The number of rotatable bonds is 4. The molecule has 408 valence electrons. The van der Waals surface area contributed by atoms with E-state index in [1.165, 1.54) is 0 Å². The van der Waals surface area contributed by atoms with Gasteiger partial charge in [0.1, 0.15) is 11.5 Å². The SMILES string of the molecule is CC(C)(C)c1ccc2c(O)c(O)c(O)c([SiH2]O)c2c1.CC(C)(C)c1ccc2c(O)c(O)c([SiH2]O)c(O)c2c1.CC(C)(C)c1ccc2c(O)c([SiH2]O)c(O)c(O)c2c1.CC(C)(C)c1ccc2c([SiH2]O)c(O)c(O)c(O)c2c1. The second-order valence-electron chi connectivity index (χ2n) is 22.8. The van der Waals surface area contributed by atoms with Gasteiger partial charge >= 0.3 is 0 Å². The van der Waals surface area contributed by atoms with E-state index in [2.05, 4.69) is 20.8 Å². The molecule has 20 heteroatoms. The Morgan fingerprint density at radius 2 is 0.434 bits per heavy atom. The average Bonchev–Trinajstić information content (AvgIpc) is 3.35. The summed E-state index contributed by atoms with van der Waals surface area (Å²) in [6, 6.07) is 21.6. The van der Waals surface area contributed by atoms with E-state index in [1.54, 1.807) is 42.5 Å². The predicted octanol–water partition coefficient (Wildman–Crippen LogP) is 3.82. The van der Waals surface area contributed by atoms with Crippen molar-refractivity contribution < 1.29 is 80.5 Å². The minimum atomic E-state index is -1.78. The van der Waals surface area contributed by atoms with Crippen LogP contribution in [0.1, 0.15) is 105 Å². The fourth-order valence-corrected chi connectivity index (χ4v) is 11.4. The third kappa shape index (κ3) is 11.9. The van der Waals surface area contributed by atoms with Crippen LogP contribution in [0.15, 0.2) is 72.8 Å². The van der Waals surface area contributed by atoms with Crippen LogP contribution in [0.3, 0.4) is 0 Å². The van der Waals surface area contributed by atoms with Crippen molar-refractivity contribution in [1.29, 1.82) is 0 Å². The third-order valence-corrected chi connectivity index (χ3v) is 17.5. The zero-order chi connectivity index (χ0) is 57.5. The number of hydrogen-bond donors (Lipinski definition) is 16. The van der Waals surface area contributed by atoms with Gasteiger partial charge in [-0.3, -0.25) is 0 Å². The smallest absolute Gasteiger partial charge is 0.200 e. The van der Waals surface area contributed by atoms with Crippen LogP contribution in [0.4, 0.5) is 0 Å². The molecular weight excluding hydrogens is 1040 g/mol. The van der Waals surface area contributed by atoms with Crippen LogP contribution >= 0.6 is 0 Å². The molecule has 0 saturated carbocycles. The van der Waals surface area contributed by atoms with Gasteiger partial charge in [-0.2, -0.15) is 0 Å². The summed E-state index contributed by atoms with van der Waals surface area (Å²) >= 11 is 0. The second kappa shape index (κ2) is 22.4. The Balaban J connectivity index is 0.000000187. The summed E-state index contributed by atoms with van der Waals surface area (Å²) < 4.78 is 0. The maximum absolute atomic E-state index is 10.1. The molecule has 0 amide bonds. The quantitative estimate of drug-likeness (QED) is 0.0677. The molecule has 0 aliphatic carbocycles. The molecule has 0 atom stereocenters. The molecule has 0 radical (unpaired) electrons. The van der Waals surface area contributed by atoms with Crippen molar-refractivity contribution >= 4 is 103 Å². The first-order valence-corrected chi connectivity index (χ1v) is 29.7. The zero-order valence-electron chi connectivity index (χ0n) is 44.9. The normalized spacial score (nSPS) is 12.6. The summed E-state index contributed by atoms with van der Waals surface area (Å²) in [4.78, 5) is 37.6. The Morgan fingerprint density at radius 1 is 0.224 bits per heavy atom. The summed E-state index contributed by atoms with van der Waals surface area (Å²) in [5.41, 5.74) is 3.67. The summed E-state index contributed by atoms with van der Waals surface area (Å²) in [5.74, 6) is -4.31. The summed E-state index contributed by atoms with van der Waals surface area (Å²) in [5, 5.41) is 123. The first kappa shape index (κ1) is 60.0. The maximum atomic E-state index is 10.1. The van der Waals surface area contributed by atoms with Gasteiger partial charge < -0.3 is 80.5 Å². The molecule has 0 spiro atoms. The molecule has 0 saturated heterocycles. The number of phenolic OH excluding ortho intramolecular Hbond substituents is 12. The van der Waals surface area contributed by atoms with Gasteiger partial charge in [0, 0.05) is 53.1 Å². The molecule has 0 fully saturated rings. The van der Waals surface area contributed by atoms with Gasteiger partial charge in [0.15, 0.2) is 85.0 Å². The lowest BCUT2D eigenvalue weighted by molar-refractivity contribution is 0.373. The highest BCUT2D eigenvalue weighted by Gasteiger charge is 2.25. The van der Waals surface area contributed by atoms with E-state index >= 15 is 0 Å². The van der Waals surface area contributed by atoms with Crippen LogP contribution in [0.25, 0.3) is 43.1 Å². The van der Waals surface area contributed by atoms with Crippen molar-refractivity contribution in [1.82, 2.24) is 0 Å². The molecule has 76 heavy (non-hydrogen) atoms. The topological polar surface area (TPSA) is 324 Å². The molecule has 8 aromatic carbocycles. The zero-order valence-corrected chi connectivity index (χ0v) is 50.6. The minimum absolute atomic E-state index is 0.0773. The Labute approximate surface area is 450 Å². The monoisotopic (exact) mass is 1110 g/mol. The van der Waals surface area contributed by atoms with Crippen molar-refractivity contribution in [2.24, 2.45) is 0 Å². The molecule has 0 aliphatic rings. The first-order valence-electron chi connectivity index (χ1n) is 24.3. The van der Waals surface area contributed by atoms with E-state index in [4.69, 9.17) is 0 Å². The molecule has 0 heterocycles. The second-order valence-corrected chi connectivity index (χ2v) is 26.9. The van der Waals surface area contributed by atoms with E-state index in [9.17, 15) is 80.5 Å². The Morgan fingerprint density at radius 3 is 0.776 bits per heavy atom. The van der Waals surface area contributed by atoms with Crippen LogP contribution in [0, 0.1) is 0 Å². The molecule has 8 aromatic rings. The number of phenols is 12. The van der Waals surface area contributed by atoms with Gasteiger partial charge in [0.05, 0.1) is 0 Å². The number of fused-ring (bicyclic) bond motifs is 4. The van der Waals surface area contributed by atoms with E-state index in [-0.39, 0.29) is 66.5 Å². The van der Waals surface area contributed by atoms with Crippen molar-refractivity contribution in [3.8, 4) is 69.0 Å². The van der Waals surface area contributed by atoms with Crippen LogP contribution in [-0.4, -0.2) is 120 Å². The predicted molar refractivity (Wildman–Crippen MR) is 312 cm³/mol. The lowest BCUT2D eigenvalue weighted by atomic mass is 9.85. The van der Waals surface area contributed by atoms with E-state index in [0.29, 0.717) is 53.5 Å². The maximum Gasteiger partial charge on any atom is 0.200 e. The van der Waals surface area contributed by atoms with Gasteiger partial charge in [-0.15, -0.1) is 0 Å². The summed E-state index contributed by atoms with van der Waals surface area (Å²) in [6.45, 7) is 24.6. The van der Waals surface area contributed by atoms with Gasteiger partial charge in [-0.05, 0) is 72.9 Å². The Bertz CT molecular complexity index is 3470. The van der Waals surface area contributed by atoms with Crippen LogP contribution in [0.5, 0.6) is 69.0 Å². The minimum Gasteiger partial charge on any atom is -0.507 e.